The summed E-state index contributed by atoms with van der Waals surface area (Å²) in [4.78, 5) is 26.1. The molecule has 3 aromatic carbocycles. The summed E-state index contributed by atoms with van der Waals surface area (Å²) < 4.78 is 5.12. The lowest BCUT2D eigenvalue weighted by atomic mass is 10.2. The monoisotopic (exact) mass is 454 g/mol. The maximum atomic E-state index is 12.7. The van der Waals surface area contributed by atoms with Crippen molar-refractivity contribution in [2.75, 3.05) is 17.7 Å². The Morgan fingerprint density at radius 3 is 2.32 bits per heavy atom. The second-order valence-corrected chi connectivity index (χ2v) is 8.43. The van der Waals surface area contributed by atoms with Gasteiger partial charge in [-0.3, -0.25) is 9.59 Å². The van der Waals surface area contributed by atoms with Crippen LogP contribution in [-0.4, -0.2) is 24.2 Å². The van der Waals surface area contributed by atoms with Crippen molar-refractivity contribution in [2.24, 2.45) is 0 Å². The van der Waals surface area contributed by atoms with E-state index in [1.807, 2.05) is 31.2 Å². The van der Waals surface area contributed by atoms with Crippen LogP contribution in [0.5, 0.6) is 5.75 Å². The molecule has 31 heavy (non-hydrogen) atoms. The Hall–Kier alpha value is -2.96. The molecular weight excluding hydrogens is 432 g/mol. The van der Waals surface area contributed by atoms with Gasteiger partial charge in [-0.15, -0.1) is 11.8 Å². The topological polar surface area (TPSA) is 67.4 Å². The van der Waals surface area contributed by atoms with Gasteiger partial charge in [0.15, 0.2) is 0 Å². The summed E-state index contributed by atoms with van der Waals surface area (Å²) in [6.45, 7) is 1.97. The van der Waals surface area contributed by atoms with E-state index in [-0.39, 0.29) is 17.1 Å². The van der Waals surface area contributed by atoms with E-state index in [4.69, 9.17) is 16.3 Å². The number of hydrogen-bond donors (Lipinski definition) is 2. The Morgan fingerprint density at radius 1 is 0.968 bits per heavy atom. The van der Waals surface area contributed by atoms with Crippen LogP contribution in [0, 0.1) is 0 Å². The Labute approximate surface area is 191 Å². The molecule has 0 aliphatic rings. The van der Waals surface area contributed by atoms with Gasteiger partial charge in [0.25, 0.3) is 5.91 Å². The van der Waals surface area contributed by atoms with E-state index in [0.717, 1.165) is 4.90 Å². The maximum absolute atomic E-state index is 12.7. The molecule has 7 heteroatoms. The van der Waals surface area contributed by atoms with Crippen molar-refractivity contribution in [3.05, 3.63) is 83.4 Å². The molecule has 5 nitrogen and oxygen atoms in total. The molecule has 1 atom stereocenters. The molecule has 0 spiro atoms. The molecule has 0 aliphatic heterocycles. The first-order chi connectivity index (χ1) is 15.0. The number of amides is 2. The average molecular weight is 455 g/mol. The lowest BCUT2D eigenvalue weighted by molar-refractivity contribution is -0.115. The SMILES string of the molecule is CCC(Sc1cccc(NC(=O)c2ccc(OC)cc2)c1)C(=O)Nc1ccc(Cl)cc1. The molecule has 0 bridgehead atoms. The fraction of sp³-hybridized carbons (Fsp3) is 0.167. The molecule has 2 amide bonds. The Kier molecular flexibility index (Phi) is 7.98. The predicted molar refractivity (Wildman–Crippen MR) is 127 cm³/mol. The van der Waals surface area contributed by atoms with Crippen LogP contribution in [0.15, 0.2) is 77.7 Å². The van der Waals surface area contributed by atoms with Crippen LogP contribution in [0.2, 0.25) is 5.02 Å². The number of halogens is 1. The highest BCUT2D eigenvalue weighted by molar-refractivity contribution is 8.00. The number of benzene rings is 3. The molecule has 0 heterocycles. The van der Waals surface area contributed by atoms with Crippen molar-refractivity contribution in [3.63, 3.8) is 0 Å². The number of ether oxygens (including phenoxy) is 1. The number of methoxy groups -OCH3 is 1. The minimum Gasteiger partial charge on any atom is -0.497 e. The first-order valence-electron chi connectivity index (χ1n) is 9.77. The van der Waals surface area contributed by atoms with Gasteiger partial charge in [0.2, 0.25) is 5.91 Å². The minimum atomic E-state index is -0.275. The standard InChI is InChI=1S/C24H23ClN2O3S/c1-3-22(24(29)26-18-11-9-17(25)10-12-18)31-21-6-4-5-19(15-21)27-23(28)16-7-13-20(30-2)14-8-16/h4-15,22H,3H2,1-2H3,(H,26,29)(H,27,28). The maximum Gasteiger partial charge on any atom is 0.255 e. The van der Waals surface area contributed by atoms with Gasteiger partial charge in [0, 0.05) is 26.9 Å². The lowest BCUT2D eigenvalue weighted by Gasteiger charge is -2.15. The average Bonchev–Trinajstić information content (AvgIpc) is 2.79. The highest BCUT2D eigenvalue weighted by atomic mass is 35.5. The second kappa shape index (κ2) is 10.9. The first kappa shape index (κ1) is 22.7. The Balaban J connectivity index is 1.64. The summed E-state index contributed by atoms with van der Waals surface area (Å²) in [6, 6.07) is 21.4. The van der Waals surface area contributed by atoms with Gasteiger partial charge in [0.1, 0.15) is 5.75 Å². The molecule has 0 aromatic heterocycles. The summed E-state index contributed by atoms with van der Waals surface area (Å²) >= 11 is 7.35. The molecule has 0 fully saturated rings. The number of rotatable bonds is 8. The predicted octanol–water partition coefficient (Wildman–Crippen LogP) is 6.11. The second-order valence-electron chi connectivity index (χ2n) is 6.72. The quantitative estimate of drug-likeness (QED) is 0.403. The van der Waals surface area contributed by atoms with Crippen molar-refractivity contribution in [2.45, 2.75) is 23.5 Å². The van der Waals surface area contributed by atoms with Crippen LogP contribution in [-0.2, 0) is 4.79 Å². The molecule has 0 saturated carbocycles. The molecule has 3 rings (SSSR count). The van der Waals surface area contributed by atoms with Crippen LogP contribution < -0.4 is 15.4 Å². The number of carbonyl (C=O) groups is 2. The van der Waals surface area contributed by atoms with Crippen LogP contribution in [0.3, 0.4) is 0 Å². The molecule has 0 radical (unpaired) electrons. The van der Waals surface area contributed by atoms with Gasteiger partial charge < -0.3 is 15.4 Å². The van der Waals surface area contributed by atoms with E-state index in [0.29, 0.717) is 34.1 Å². The zero-order chi connectivity index (χ0) is 22.2. The van der Waals surface area contributed by atoms with E-state index in [2.05, 4.69) is 10.6 Å². The summed E-state index contributed by atoms with van der Waals surface area (Å²) in [5, 5.41) is 6.16. The van der Waals surface area contributed by atoms with E-state index >= 15 is 0 Å². The molecule has 1 unspecified atom stereocenters. The molecular formula is C24H23ClN2O3S. The van der Waals surface area contributed by atoms with Crippen LogP contribution in [0.4, 0.5) is 11.4 Å². The normalized spacial score (nSPS) is 11.5. The third-order valence-corrected chi connectivity index (χ3v) is 6.11. The molecule has 2 N–H and O–H groups in total. The van der Waals surface area contributed by atoms with Gasteiger partial charge in [-0.25, -0.2) is 0 Å². The van der Waals surface area contributed by atoms with Gasteiger partial charge in [-0.05, 0) is 73.2 Å². The van der Waals surface area contributed by atoms with E-state index in [1.165, 1.54) is 11.8 Å². The van der Waals surface area contributed by atoms with Gasteiger partial charge in [-0.1, -0.05) is 24.6 Å². The molecule has 0 aliphatic carbocycles. The highest BCUT2D eigenvalue weighted by Crippen LogP contribution is 2.29. The lowest BCUT2D eigenvalue weighted by Crippen LogP contribution is -2.24. The Bertz CT molecular complexity index is 1040. The third kappa shape index (κ3) is 6.51. The third-order valence-electron chi connectivity index (χ3n) is 4.50. The highest BCUT2D eigenvalue weighted by Gasteiger charge is 2.18. The van der Waals surface area contributed by atoms with Crippen molar-refractivity contribution >= 4 is 46.6 Å². The van der Waals surface area contributed by atoms with Gasteiger partial charge >= 0.3 is 0 Å². The fourth-order valence-electron chi connectivity index (χ4n) is 2.84. The largest absolute Gasteiger partial charge is 0.497 e. The number of hydrogen-bond acceptors (Lipinski definition) is 4. The number of anilines is 2. The van der Waals surface area contributed by atoms with Crippen LogP contribution >= 0.6 is 23.4 Å². The summed E-state index contributed by atoms with van der Waals surface area (Å²) in [7, 11) is 1.58. The first-order valence-corrected chi connectivity index (χ1v) is 11.0. The molecule has 0 saturated heterocycles. The number of nitrogens with one attached hydrogen (secondary N) is 2. The number of thioether (sulfide) groups is 1. The van der Waals surface area contributed by atoms with Gasteiger partial charge in [-0.2, -0.15) is 0 Å². The van der Waals surface area contributed by atoms with Crippen molar-refractivity contribution in [1.29, 1.82) is 0 Å². The summed E-state index contributed by atoms with van der Waals surface area (Å²) in [5.41, 5.74) is 1.90. The van der Waals surface area contributed by atoms with E-state index in [9.17, 15) is 9.59 Å². The van der Waals surface area contributed by atoms with Crippen molar-refractivity contribution in [1.82, 2.24) is 0 Å². The summed E-state index contributed by atoms with van der Waals surface area (Å²) in [5.74, 6) is 0.400. The molecule has 3 aromatic rings. The zero-order valence-corrected chi connectivity index (χ0v) is 18.8. The summed E-state index contributed by atoms with van der Waals surface area (Å²) in [6.07, 6.45) is 0.659. The number of carbonyl (C=O) groups excluding carboxylic acids is 2. The fourth-order valence-corrected chi connectivity index (χ4v) is 3.97. The minimum absolute atomic E-state index is 0.0810. The smallest absolute Gasteiger partial charge is 0.255 e. The van der Waals surface area contributed by atoms with Crippen molar-refractivity contribution in [3.8, 4) is 5.75 Å². The van der Waals surface area contributed by atoms with Crippen LogP contribution in [0.1, 0.15) is 23.7 Å². The Morgan fingerprint density at radius 2 is 1.68 bits per heavy atom. The van der Waals surface area contributed by atoms with Gasteiger partial charge in [0.05, 0.1) is 12.4 Å². The van der Waals surface area contributed by atoms with Crippen LogP contribution in [0.25, 0.3) is 0 Å². The molecule has 160 valence electrons. The van der Waals surface area contributed by atoms with E-state index in [1.54, 1.807) is 55.6 Å². The van der Waals surface area contributed by atoms with E-state index < -0.39 is 0 Å². The van der Waals surface area contributed by atoms with Crippen molar-refractivity contribution < 1.29 is 14.3 Å². The zero-order valence-electron chi connectivity index (χ0n) is 17.2.